The van der Waals surface area contributed by atoms with Gasteiger partial charge >= 0.3 is 0 Å². The molecule has 1 rings (SSSR count). The normalized spacial score (nSPS) is 15.1. The van der Waals surface area contributed by atoms with E-state index in [1.54, 1.807) is 0 Å². The Morgan fingerprint density at radius 1 is 1.13 bits per heavy atom. The van der Waals surface area contributed by atoms with Gasteiger partial charge in [0.1, 0.15) is 0 Å². The van der Waals surface area contributed by atoms with Crippen LogP contribution in [-0.2, 0) is 5.60 Å². The second-order valence-corrected chi connectivity index (χ2v) is 4.74. The van der Waals surface area contributed by atoms with Gasteiger partial charge in [0.05, 0.1) is 5.60 Å². The number of hydrogen-bond donors (Lipinski definition) is 1. The first kappa shape index (κ1) is 12.1. The van der Waals surface area contributed by atoms with Crippen LogP contribution in [0.2, 0.25) is 0 Å². The Labute approximate surface area is 92.5 Å². The van der Waals surface area contributed by atoms with Gasteiger partial charge in [-0.2, -0.15) is 0 Å². The summed E-state index contributed by atoms with van der Waals surface area (Å²) >= 11 is 0. The maximum Gasteiger partial charge on any atom is 0.0891 e. The van der Waals surface area contributed by atoms with E-state index in [-0.39, 0.29) is 5.92 Å². The molecule has 2 heteroatoms. The fraction of sp³-hybridized carbons (Fsp3) is 0.538. The summed E-state index contributed by atoms with van der Waals surface area (Å²) in [6.45, 7) is 5.92. The van der Waals surface area contributed by atoms with Crippen molar-refractivity contribution in [1.82, 2.24) is 0 Å². The Morgan fingerprint density at radius 3 is 1.93 bits per heavy atom. The molecule has 0 saturated carbocycles. The van der Waals surface area contributed by atoms with Gasteiger partial charge < -0.3 is 10.0 Å². The van der Waals surface area contributed by atoms with Crippen LogP contribution in [0.5, 0.6) is 0 Å². The highest BCUT2D eigenvalue weighted by Gasteiger charge is 2.26. The van der Waals surface area contributed by atoms with E-state index in [0.717, 1.165) is 11.3 Å². The molecule has 15 heavy (non-hydrogen) atoms. The van der Waals surface area contributed by atoms with E-state index in [9.17, 15) is 5.11 Å². The van der Waals surface area contributed by atoms with Crippen LogP contribution in [0.1, 0.15) is 26.3 Å². The van der Waals surface area contributed by atoms with Gasteiger partial charge in [0.25, 0.3) is 0 Å². The molecule has 1 atom stereocenters. The lowest BCUT2D eigenvalue weighted by Crippen LogP contribution is -2.27. The highest BCUT2D eigenvalue weighted by molar-refractivity contribution is 5.46. The van der Waals surface area contributed by atoms with E-state index in [1.807, 2.05) is 64.0 Å². The lowest BCUT2D eigenvalue weighted by molar-refractivity contribution is 0.00906. The minimum atomic E-state index is -0.745. The summed E-state index contributed by atoms with van der Waals surface area (Å²) in [5.41, 5.74) is 1.38. The Kier molecular flexibility index (Phi) is 3.40. The number of nitrogens with zero attached hydrogens (tertiary/aromatic N) is 1. The molecule has 0 aromatic heterocycles. The van der Waals surface area contributed by atoms with Crippen LogP contribution in [0.15, 0.2) is 24.3 Å². The van der Waals surface area contributed by atoms with Gasteiger partial charge in [0.15, 0.2) is 0 Å². The van der Waals surface area contributed by atoms with Crippen LogP contribution < -0.4 is 4.90 Å². The van der Waals surface area contributed by atoms with Crippen LogP contribution in [0.25, 0.3) is 0 Å². The molecule has 0 aliphatic rings. The van der Waals surface area contributed by atoms with Crippen LogP contribution in [-0.4, -0.2) is 19.2 Å². The topological polar surface area (TPSA) is 23.5 Å². The van der Waals surface area contributed by atoms with Crippen molar-refractivity contribution >= 4 is 5.69 Å². The van der Waals surface area contributed by atoms with Crippen LogP contribution in [0.4, 0.5) is 5.69 Å². The zero-order valence-electron chi connectivity index (χ0n) is 10.3. The van der Waals surface area contributed by atoms with Crippen molar-refractivity contribution in [2.45, 2.75) is 26.4 Å². The van der Waals surface area contributed by atoms with Gasteiger partial charge in [0, 0.05) is 19.8 Å². The van der Waals surface area contributed by atoms with Gasteiger partial charge in [-0.3, -0.25) is 0 Å². The van der Waals surface area contributed by atoms with E-state index < -0.39 is 5.60 Å². The van der Waals surface area contributed by atoms with Gasteiger partial charge in [-0.1, -0.05) is 26.0 Å². The Bertz CT molecular complexity index is 312. The molecule has 2 nitrogen and oxygen atoms in total. The summed E-state index contributed by atoms with van der Waals surface area (Å²) in [4.78, 5) is 2.05. The van der Waals surface area contributed by atoms with E-state index in [1.165, 1.54) is 0 Å². The van der Waals surface area contributed by atoms with Crippen LogP contribution in [0, 0.1) is 5.92 Å². The molecular weight excluding hydrogens is 186 g/mol. The van der Waals surface area contributed by atoms with Gasteiger partial charge in [-0.25, -0.2) is 0 Å². The van der Waals surface area contributed by atoms with E-state index >= 15 is 0 Å². The first-order valence-electron chi connectivity index (χ1n) is 5.36. The minimum Gasteiger partial charge on any atom is -0.385 e. The number of anilines is 1. The lowest BCUT2D eigenvalue weighted by Gasteiger charge is -2.28. The van der Waals surface area contributed by atoms with Gasteiger partial charge in [0.2, 0.25) is 0 Å². The molecule has 1 aromatic carbocycles. The van der Waals surface area contributed by atoms with Crippen molar-refractivity contribution in [2.24, 2.45) is 5.92 Å². The average molecular weight is 207 g/mol. The van der Waals surface area contributed by atoms with Gasteiger partial charge in [-0.15, -0.1) is 0 Å². The van der Waals surface area contributed by atoms with Crippen molar-refractivity contribution in [2.75, 3.05) is 19.0 Å². The third-order valence-electron chi connectivity index (χ3n) is 3.09. The molecule has 0 radical (unpaired) electrons. The number of aliphatic hydroxyl groups is 1. The molecular formula is C13H21NO. The van der Waals surface area contributed by atoms with E-state index in [2.05, 4.69) is 0 Å². The van der Waals surface area contributed by atoms with Crippen LogP contribution >= 0.6 is 0 Å². The lowest BCUT2D eigenvalue weighted by atomic mass is 9.85. The summed E-state index contributed by atoms with van der Waals surface area (Å²) in [6, 6.07) is 8.06. The Hall–Kier alpha value is -1.02. The number of hydrogen-bond acceptors (Lipinski definition) is 2. The first-order valence-corrected chi connectivity index (χ1v) is 5.36. The fourth-order valence-corrected chi connectivity index (χ4v) is 1.43. The monoisotopic (exact) mass is 207 g/mol. The smallest absolute Gasteiger partial charge is 0.0891 e. The number of rotatable bonds is 3. The molecule has 0 heterocycles. The standard InChI is InChI=1S/C13H21NO/c1-10(2)13(3,15)11-6-8-12(9-7-11)14(4)5/h6-10,15H,1-5H3/t13-/m0/s1. The summed E-state index contributed by atoms with van der Waals surface area (Å²) in [7, 11) is 4.02. The second-order valence-electron chi connectivity index (χ2n) is 4.74. The van der Waals surface area contributed by atoms with Crippen molar-refractivity contribution in [3.8, 4) is 0 Å². The quantitative estimate of drug-likeness (QED) is 0.823. The summed E-state index contributed by atoms with van der Waals surface area (Å²) < 4.78 is 0. The average Bonchev–Trinajstić information content (AvgIpc) is 2.17. The van der Waals surface area contributed by atoms with E-state index in [0.29, 0.717) is 0 Å². The van der Waals surface area contributed by atoms with Crippen LogP contribution in [0.3, 0.4) is 0 Å². The largest absolute Gasteiger partial charge is 0.385 e. The molecule has 1 N–H and O–H groups in total. The molecule has 0 bridgehead atoms. The zero-order valence-corrected chi connectivity index (χ0v) is 10.3. The zero-order chi connectivity index (χ0) is 11.6. The molecule has 1 aromatic rings. The predicted molar refractivity (Wildman–Crippen MR) is 65.2 cm³/mol. The fourth-order valence-electron chi connectivity index (χ4n) is 1.43. The van der Waals surface area contributed by atoms with Gasteiger partial charge in [-0.05, 0) is 30.5 Å². The highest BCUT2D eigenvalue weighted by Crippen LogP contribution is 2.29. The molecule has 0 amide bonds. The molecule has 0 fully saturated rings. The summed E-state index contributed by atoms with van der Waals surface area (Å²) in [6.07, 6.45) is 0. The second kappa shape index (κ2) is 4.23. The van der Waals surface area contributed by atoms with E-state index in [4.69, 9.17) is 0 Å². The predicted octanol–water partition coefficient (Wildman–Crippen LogP) is 2.62. The molecule has 0 saturated heterocycles. The SMILES string of the molecule is CC(C)[C@](C)(O)c1ccc(N(C)C)cc1. The third-order valence-corrected chi connectivity index (χ3v) is 3.09. The first-order chi connectivity index (χ1) is 6.85. The molecule has 0 spiro atoms. The Morgan fingerprint density at radius 2 is 1.60 bits per heavy atom. The minimum absolute atomic E-state index is 0.211. The maximum absolute atomic E-state index is 10.3. The van der Waals surface area contributed by atoms with Crippen molar-refractivity contribution in [3.63, 3.8) is 0 Å². The van der Waals surface area contributed by atoms with Crippen molar-refractivity contribution < 1.29 is 5.11 Å². The molecule has 0 aliphatic heterocycles. The van der Waals surface area contributed by atoms with Crippen molar-refractivity contribution in [3.05, 3.63) is 29.8 Å². The maximum atomic E-state index is 10.3. The molecule has 0 unspecified atom stereocenters. The summed E-state index contributed by atoms with van der Waals surface area (Å²) in [5.74, 6) is 0.211. The Balaban J connectivity index is 2.98. The van der Waals surface area contributed by atoms with Crippen molar-refractivity contribution in [1.29, 1.82) is 0 Å². The number of benzene rings is 1. The highest BCUT2D eigenvalue weighted by atomic mass is 16.3. The third kappa shape index (κ3) is 2.51. The molecule has 0 aliphatic carbocycles. The molecule has 84 valence electrons. The summed E-state index contributed by atoms with van der Waals surface area (Å²) in [5, 5.41) is 10.3.